The van der Waals surface area contributed by atoms with E-state index in [0.29, 0.717) is 49.9 Å². The van der Waals surface area contributed by atoms with Gasteiger partial charge in [0, 0.05) is 68.5 Å². The molecule has 5 rings (SSSR count). The molecule has 0 saturated carbocycles. The number of alkyl halides is 2. The van der Waals surface area contributed by atoms with Crippen molar-refractivity contribution in [2.24, 2.45) is 0 Å². The van der Waals surface area contributed by atoms with Crippen molar-refractivity contribution in [2.75, 3.05) is 71.4 Å². The predicted octanol–water partition coefficient (Wildman–Crippen LogP) is 3.16. The second kappa shape index (κ2) is 15.6. The molecule has 3 N–H and O–H groups in total. The Morgan fingerprint density at radius 3 is 2.43 bits per heavy atom. The molecule has 244 valence electrons. The lowest BCUT2D eigenvalue weighted by molar-refractivity contribution is -0.122. The van der Waals surface area contributed by atoms with Gasteiger partial charge in [-0.25, -0.2) is 9.97 Å². The topological polar surface area (TPSA) is 125 Å². The molecule has 1 aliphatic rings. The minimum atomic E-state index is -2.89. The van der Waals surface area contributed by atoms with Crippen molar-refractivity contribution >= 4 is 29.0 Å². The number of nitrogens with one attached hydrogen (secondary N) is 3. The standard InChI is InChI=1S/C32H38F2N8O4/c1-22-19-24(39-29-30-38-20-27(42(30)12-9-36-29)23-3-6-25(7-4-23)46-32(33)34)5-8-26(22)31(44)37-11-18-45-17-10-35-28(43)21-41-15-13-40(2)14-16-41/h3-9,12,19-20,32H,10-11,13-18,21H2,1-2H3,(H,35,43)(H,36,39)(H,37,44). The van der Waals surface area contributed by atoms with Crippen LogP contribution in [0.25, 0.3) is 16.9 Å². The molecule has 3 heterocycles. The first-order chi connectivity index (χ1) is 22.3. The minimum absolute atomic E-state index is 0.00946. The van der Waals surface area contributed by atoms with Crippen molar-refractivity contribution < 1.29 is 27.8 Å². The SMILES string of the molecule is Cc1cc(Nc2nccn3c(-c4ccc(OC(F)F)cc4)cnc23)ccc1C(=O)NCCOCCNC(=O)CN1CCN(C)CC1. The fourth-order valence-corrected chi connectivity index (χ4v) is 5.12. The third-order valence-corrected chi connectivity index (χ3v) is 7.60. The summed E-state index contributed by atoms with van der Waals surface area (Å²) in [4.78, 5) is 38.2. The third kappa shape index (κ3) is 8.74. The second-order valence-electron chi connectivity index (χ2n) is 11.0. The first kappa shape index (κ1) is 32.7. The van der Waals surface area contributed by atoms with Gasteiger partial charge in [0.05, 0.1) is 31.6 Å². The molecule has 46 heavy (non-hydrogen) atoms. The van der Waals surface area contributed by atoms with E-state index in [-0.39, 0.29) is 17.6 Å². The van der Waals surface area contributed by atoms with E-state index in [1.54, 1.807) is 42.9 Å². The Kier molecular flexibility index (Phi) is 11.1. The van der Waals surface area contributed by atoms with E-state index in [2.05, 4.69) is 47.5 Å². The van der Waals surface area contributed by atoms with Gasteiger partial charge in [-0.15, -0.1) is 0 Å². The van der Waals surface area contributed by atoms with Gasteiger partial charge >= 0.3 is 6.61 Å². The van der Waals surface area contributed by atoms with Crippen LogP contribution in [0.2, 0.25) is 0 Å². The maximum absolute atomic E-state index is 12.8. The summed E-state index contributed by atoms with van der Waals surface area (Å²) in [7, 11) is 2.08. The fraction of sp³-hybridized carbons (Fsp3) is 0.375. The summed E-state index contributed by atoms with van der Waals surface area (Å²) in [6.45, 7) is 4.53. The molecule has 0 radical (unpaired) electrons. The molecule has 1 saturated heterocycles. The number of nitrogens with zero attached hydrogens (tertiary/aromatic N) is 5. The van der Waals surface area contributed by atoms with Crippen molar-refractivity contribution in [3.8, 4) is 17.0 Å². The van der Waals surface area contributed by atoms with Crippen LogP contribution in [0.5, 0.6) is 5.75 Å². The predicted molar refractivity (Wildman–Crippen MR) is 170 cm³/mol. The second-order valence-corrected chi connectivity index (χ2v) is 11.0. The number of hydrogen-bond acceptors (Lipinski definition) is 9. The average Bonchev–Trinajstić information content (AvgIpc) is 3.47. The number of halogens is 2. The van der Waals surface area contributed by atoms with Crippen LogP contribution >= 0.6 is 0 Å². The van der Waals surface area contributed by atoms with Crippen molar-refractivity contribution in [1.82, 2.24) is 34.8 Å². The molecule has 2 amide bonds. The van der Waals surface area contributed by atoms with Gasteiger partial charge in [0.15, 0.2) is 11.5 Å². The minimum Gasteiger partial charge on any atom is -0.435 e. The summed E-state index contributed by atoms with van der Waals surface area (Å²) in [5.74, 6) is 0.364. The van der Waals surface area contributed by atoms with E-state index >= 15 is 0 Å². The fourth-order valence-electron chi connectivity index (χ4n) is 5.12. The summed E-state index contributed by atoms with van der Waals surface area (Å²) in [6.07, 6.45) is 5.08. The van der Waals surface area contributed by atoms with Crippen LogP contribution in [0.3, 0.4) is 0 Å². The molecular weight excluding hydrogens is 598 g/mol. The third-order valence-electron chi connectivity index (χ3n) is 7.60. The van der Waals surface area contributed by atoms with Gasteiger partial charge in [-0.2, -0.15) is 8.78 Å². The first-order valence-electron chi connectivity index (χ1n) is 15.1. The van der Waals surface area contributed by atoms with E-state index in [0.717, 1.165) is 48.7 Å². The van der Waals surface area contributed by atoms with Gasteiger partial charge in [-0.3, -0.25) is 18.9 Å². The number of carbonyl (C=O) groups excluding carboxylic acids is 2. The monoisotopic (exact) mass is 636 g/mol. The Morgan fingerprint density at radius 2 is 1.72 bits per heavy atom. The molecule has 4 aromatic rings. The Hall–Kier alpha value is -4.66. The number of imidazole rings is 1. The van der Waals surface area contributed by atoms with Crippen LogP contribution in [0.4, 0.5) is 20.3 Å². The zero-order valence-corrected chi connectivity index (χ0v) is 25.8. The summed E-state index contributed by atoms with van der Waals surface area (Å²) < 4.78 is 36.8. The highest BCUT2D eigenvalue weighted by molar-refractivity contribution is 5.96. The number of aryl methyl sites for hydroxylation is 1. The Balaban J connectivity index is 1.07. The van der Waals surface area contributed by atoms with Crippen LogP contribution in [-0.4, -0.2) is 109 Å². The van der Waals surface area contributed by atoms with E-state index in [9.17, 15) is 18.4 Å². The number of hydrogen-bond donors (Lipinski definition) is 3. The van der Waals surface area contributed by atoms with Crippen LogP contribution in [0, 0.1) is 6.92 Å². The highest BCUT2D eigenvalue weighted by Crippen LogP contribution is 2.27. The van der Waals surface area contributed by atoms with Crippen LogP contribution in [0.15, 0.2) is 61.1 Å². The molecule has 0 aliphatic carbocycles. The smallest absolute Gasteiger partial charge is 0.387 e. The Morgan fingerprint density at radius 1 is 0.978 bits per heavy atom. The van der Waals surface area contributed by atoms with Crippen LogP contribution < -0.4 is 20.7 Å². The van der Waals surface area contributed by atoms with Gasteiger partial charge in [0.25, 0.3) is 5.91 Å². The van der Waals surface area contributed by atoms with E-state index < -0.39 is 6.61 Å². The summed E-state index contributed by atoms with van der Waals surface area (Å²) >= 11 is 0. The lowest BCUT2D eigenvalue weighted by Gasteiger charge is -2.31. The molecule has 0 spiro atoms. The van der Waals surface area contributed by atoms with Crippen molar-refractivity contribution in [1.29, 1.82) is 0 Å². The zero-order chi connectivity index (χ0) is 32.5. The van der Waals surface area contributed by atoms with Crippen molar-refractivity contribution in [3.05, 3.63) is 72.2 Å². The summed E-state index contributed by atoms with van der Waals surface area (Å²) in [5.41, 5.74) is 4.13. The maximum Gasteiger partial charge on any atom is 0.387 e. The Bertz CT molecular complexity index is 1620. The molecular formula is C32H38F2N8O4. The maximum atomic E-state index is 12.8. The number of rotatable bonds is 14. The summed E-state index contributed by atoms with van der Waals surface area (Å²) in [5, 5.41) is 9.01. The van der Waals surface area contributed by atoms with Crippen LogP contribution in [-0.2, 0) is 9.53 Å². The number of benzene rings is 2. The van der Waals surface area contributed by atoms with Gasteiger partial charge in [0.2, 0.25) is 5.91 Å². The number of fused-ring (bicyclic) bond motifs is 1. The van der Waals surface area contributed by atoms with Crippen LogP contribution in [0.1, 0.15) is 15.9 Å². The van der Waals surface area contributed by atoms with E-state index in [1.165, 1.54) is 12.1 Å². The molecule has 2 aromatic carbocycles. The van der Waals surface area contributed by atoms with Gasteiger partial charge < -0.3 is 30.3 Å². The van der Waals surface area contributed by atoms with Crippen molar-refractivity contribution in [3.63, 3.8) is 0 Å². The number of carbonyl (C=O) groups is 2. The lowest BCUT2D eigenvalue weighted by Crippen LogP contribution is -2.48. The van der Waals surface area contributed by atoms with E-state index in [1.807, 2.05) is 17.4 Å². The molecule has 1 fully saturated rings. The number of likely N-dealkylation sites (N-methyl/N-ethyl adjacent to an activating group) is 1. The first-order valence-corrected chi connectivity index (χ1v) is 15.1. The normalized spacial score (nSPS) is 14.0. The van der Waals surface area contributed by atoms with E-state index in [4.69, 9.17) is 4.74 Å². The Labute approximate surface area is 265 Å². The molecule has 0 bridgehead atoms. The van der Waals surface area contributed by atoms with Crippen molar-refractivity contribution in [2.45, 2.75) is 13.5 Å². The zero-order valence-electron chi connectivity index (χ0n) is 25.8. The molecule has 0 atom stereocenters. The number of aromatic nitrogens is 3. The highest BCUT2D eigenvalue weighted by Gasteiger charge is 2.17. The number of ether oxygens (including phenoxy) is 2. The molecule has 1 aliphatic heterocycles. The largest absolute Gasteiger partial charge is 0.435 e. The number of piperazine rings is 1. The quantitative estimate of drug-likeness (QED) is 0.179. The van der Waals surface area contributed by atoms with Gasteiger partial charge in [0.1, 0.15) is 5.75 Å². The molecule has 2 aromatic heterocycles. The highest BCUT2D eigenvalue weighted by atomic mass is 19.3. The summed E-state index contributed by atoms with van der Waals surface area (Å²) in [6, 6.07) is 11.7. The number of amides is 2. The molecule has 12 nitrogen and oxygen atoms in total. The molecule has 14 heteroatoms. The lowest BCUT2D eigenvalue weighted by atomic mass is 10.1. The van der Waals surface area contributed by atoms with Gasteiger partial charge in [-0.05, 0) is 62.0 Å². The molecule has 0 unspecified atom stereocenters. The number of anilines is 2. The van der Waals surface area contributed by atoms with Gasteiger partial charge in [-0.1, -0.05) is 0 Å². The average molecular weight is 637 g/mol.